The van der Waals surface area contributed by atoms with Gasteiger partial charge < -0.3 is 20.3 Å². The number of methoxy groups -OCH3 is 1. The lowest BCUT2D eigenvalue weighted by atomic mass is 10.0. The molecular weight excluding hydrogens is 256 g/mol. The lowest BCUT2D eigenvalue weighted by Gasteiger charge is -2.36. The third kappa shape index (κ3) is 4.61. The number of hydrogen-bond donors (Lipinski definition) is 2. The van der Waals surface area contributed by atoms with Crippen molar-refractivity contribution in [2.24, 2.45) is 0 Å². The van der Waals surface area contributed by atoms with Gasteiger partial charge in [0.25, 0.3) is 0 Å². The second-order valence-corrected chi connectivity index (χ2v) is 5.60. The maximum atomic E-state index is 11.5. The van der Waals surface area contributed by atoms with Gasteiger partial charge in [0.2, 0.25) is 0 Å². The van der Waals surface area contributed by atoms with Gasteiger partial charge in [0.1, 0.15) is 0 Å². The van der Waals surface area contributed by atoms with Crippen LogP contribution in [-0.2, 0) is 4.74 Å². The molecule has 0 aromatic heterocycles. The van der Waals surface area contributed by atoms with E-state index in [4.69, 9.17) is 4.74 Å². The third-order valence-electron chi connectivity index (χ3n) is 4.21. The Balaban J connectivity index is 1.70. The molecule has 116 valence electrons. The van der Waals surface area contributed by atoms with Crippen LogP contribution in [0.4, 0.5) is 4.79 Å². The lowest BCUT2D eigenvalue weighted by Crippen LogP contribution is -2.48. The number of carbonyl (C=O) groups is 1. The Morgan fingerprint density at radius 2 is 2.25 bits per heavy atom. The maximum Gasteiger partial charge on any atom is 0.317 e. The van der Waals surface area contributed by atoms with Crippen molar-refractivity contribution in [1.29, 1.82) is 0 Å². The topological polar surface area (TPSA) is 56.8 Å². The molecular formula is C14H28N4O2. The van der Waals surface area contributed by atoms with E-state index in [1.165, 1.54) is 19.3 Å². The first-order valence-electron chi connectivity index (χ1n) is 7.77. The minimum absolute atomic E-state index is 0.0942. The van der Waals surface area contributed by atoms with Crippen molar-refractivity contribution in [3.63, 3.8) is 0 Å². The largest absolute Gasteiger partial charge is 0.383 e. The molecule has 0 bridgehead atoms. The van der Waals surface area contributed by atoms with E-state index in [9.17, 15) is 4.79 Å². The van der Waals surface area contributed by atoms with E-state index in [-0.39, 0.29) is 6.03 Å². The number of ether oxygens (including phenoxy) is 1. The van der Waals surface area contributed by atoms with Gasteiger partial charge in [-0.05, 0) is 19.4 Å². The van der Waals surface area contributed by atoms with Gasteiger partial charge in [0.15, 0.2) is 0 Å². The van der Waals surface area contributed by atoms with Gasteiger partial charge in [0.05, 0.1) is 6.61 Å². The van der Waals surface area contributed by atoms with E-state index >= 15 is 0 Å². The molecule has 2 saturated heterocycles. The smallest absolute Gasteiger partial charge is 0.317 e. The number of nitrogens with one attached hydrogen (secondary N) is 2. The fourth-order valence-corrected chi connectivity index (χ4v) is 3.00. The Morgan fingerprint density at radius 1 is 1.35 bits per heavy atom. The predicted octanol–water partition coefficient (Wildman–Crippen LogP) is 0.102. The van der Waals surface area contributed by atoms with Crippen molar-refractivity contribution in [3.05, 3.63) is 0 Å². The molecule has 0 radical (unpaired) electrons. The highest BCUT2D eigenvalue weighted by Crippen LogP contribution is 2.16. The van der Waals surface area contributed by atoms with E-state index in [1.54, 1.807) is 7.11 Å². The average molecular weight is 284 g/mol. The highest BCUT2D eigenvalue weighted by molar-refractivity contribution is 5.76. The summed E-state index contributed by atoms with van der Waals surface area (Å²) in [7, 11) is 1.73. The molecule has 2 N–H and O–H groups in total. The minimum atomic E-state index is 0.0942. The van der Waals surface area contributed by atoms with Crippen LogP contribution in [0.1, 0.15) is 19.3 Å². The molecule has 0 aromatic carbocycles. The van der Waals surface area contributed by atoms with Crippen LogP contribution in [0.25, 0.3) is 0 Å². The fraction of sp³-hybridized carbons (Fsp3) is 0.929. The molecule has 2 aliphatic rings. The molecule has 20 heavy (non-hydrogen) atoms. The van der Waals surface area contributed by atoms with Gasteiger partial charge in [-0.2, -0.15) is 0 Å². The second kappa shape index (κ2) is 8.44. The molecule has 2 fully saturated rings. The van der Waals surface area contributed by atoms with Crippen LogP contribution in [0.15, 0.2) is 0 Å². The summed E-state index contributed by atoms with van der Waals surface area (Å²) in [6.07, 6.45) is 3.85. The molecule has 6 nitrogen and oxygen atoms in total. The van der Waals surface area contributed by atoms with Crippen molar-refractivity contribution < 1.29 is 9.53 Å². The van der Waals surface area contributed by atoms with Crippen molar-refractivity contribution in [2.75, 3.05) is 59.5 Å². The fourth-order valence-electron chi connectivity index (χ4n) is 3.00. The van der Waals surface area contributed by atoms with Crippen LogP contribution in [0.5, 0.6) is 0 Å². The van der Waals surface area contributed by atoms with E-state index in [0.29, 0.717) is 6.04 Å². The third-order valence-corrected chi connectivity index (χ3v) is 4.21. The van der Waals surface area contributed by atoms with Crippen LogP contribution in [0.3, 0.4) is 0 Å². The number of nitrogens with zero attached hydrogens (tertiary/aromatic N) is 2. The molecule has 0 aliphatic carbocycles. The summed E-state index contributed by atoms with van der Waals surface area (Å²) >= 11 is 0. The minimum Gasteiger partial charge on any atom is -0.383 e. The Labute approximate surface area is 121 Å². The second-order valence-electron chi connectivity index (χ2n) is 5.60. The first-order chi connectivity index (χ1) is 9.81. The number of piperidine rings is 1. The van der Waals surface area contributed by atoms with Crippen LogP contribution in [0.2, 0.25) is 0 Å². The van der Waals surface area contributed by atoms with Crippen LogP contribution < -0.4 is 10.6 Å². The number of carbonyl (C=O) groups excluding carboxylic acids is 1. The summed E-state index contributed by atoms with van der Waals surface area (Å²) in [6.45, 7) is 7.34. The van der Waals surface area contributed by atoms with Crippen molar-refractivity contribution >= 4 is 6.03 Å². The quantitative estimate of drug-likeness (QED) is 0.621. The Kier molecular flexibility index (Phi) is 6.56. The average Bonchev–Trinajstić information content (AvgIpc) is 2.88. The van der Waals surface area contributed by atoms with Crippen molar-refractivity contribution in [1.82, 2.24) is 20.4 Å². The van der Waals surface area contributed by atoms with Gasteiger partial charge in [-0.1, -0.05) is 6.42 Å². The number of rotatable bonds is 8. The van der Waals surface area contributed by atoms with Gasteiger partial charge in [-0.25, -0.2) is 4.79 Å². The first kappa shape index (κ1) is 15.5. The highest BCUT2D eigenvalue weighted by Gasteiger charge is 2.24. The summed E-state index contributed by atoms with van der Waals surface area (Å²) in [5, 5.41) is 6.32. The summed E-state index contributed by atoms with van der Waals surface area (Å²) in [5.74, 6) is 0. The zero-order valence-corrected chi connectivity index (χ0v) is 12.6. The monoisotopic (exact) mass is 284 g/mol. The van der Waals surface area contributed by atoms with Crippen molar-refractivity contribution in [2.45, 2.75) is 25.3 Å². The molecule has 2 aliphatic heterocycles. The molecule has 0 aromatic rings. The van der Waals surface area contributed by atoms with Crippen LogP contribution in [-0.4, -0.2) is 81.4 Å². The Bertz CT molecular complexity index is 301. The SMILES string of the molecule is COCCNCC1CCCCN1CCN1CCNC1=O. The Hall–Kier alpha value is -0.850. The normalized spacial score (nSPS) is 24.1. The van der Waals surface area contributed by atoms with E-state index < -0.39 is 0 Å². The van der Waals surface area contributed by atoms with Gasteiger partial charge in [-0.3, -0.25) is 4.90 Å². The van der Waals surface area contributed by atoms with Crippen molar-refractivity contribution in [3.8, 4) is 0 Å². The lowest BCUT2D eigenvalue weighted by molar-refractivity contribution is 0.128. The summed E-state index contributed by atoms with van der Waals surface area (Å²) in [6, 6.07) is 0.697. The number of urea groups is 1. The number of likely N-dealkylation sites (tertiary alicyclic amines) is 1. The first-order valence-corrected chi connectivity index (χ1v) is 7.77. The zero-order valence-electron chi connectivity index (χ0n) is 12.6. The van der Waals surface area contributed by atoms with E-state index in [1.807, 2.05) is 4.90 Å². The molecule has 2 rings (SSSR count). The summed E-state index contributed by atoms with van der Waals surface area (Å²) in [5.41, 5.74) is 0. The highest BCUT2D eigenvalue weighted by atomic mass is 16.5. The number of amides is 2. The maximum absolute atomic E-state index is 11.5. The summed E-state index contributed by atoms with van der Waals surface area (Å²) in [4.78, 5) is 16.0. The molecule has 6 heteroatoms. The molecule has 0 spiro atoms. The molecule has 2 heterocycles. The van der Waals surface area contributed by atoms with Gasteiger partial charge in [-0.15, -0.1) is 0 Å². The Morgan fingerprint density at radius 3 is 3.00 bits per heavy atom. The van der Waals surface area contributed by atoms with Crippen LogP contribution >= 0.6 is 0 Å². The molecule has 2 amide bonds. The van der Waals surface area contributed by atoms with Gasteiger partial charge in [0, 0.05) is 52.4 Å². The number of hydrogen-bond acceptors (Lipinski definition) is 4. The predicted molar refractivity (Wildman–Crippen MR) is 78.9 cm³/mol. The molecule has 0 saturated carbocycles. The molecule has 1 unspecified atom stereocenters. The standard InChI is InChI=1S/C14H28N4O2/c1-20-11-6-15-12-13-4-2-3-7-17(13)9-10-18-8-5-16-14(18)19/h13,15H,2-12H2,1H3,(H,16,19). The van der Waals surface area contributed by atoms with Crippen LogP contribution in [0, 0.1) is 0 Å². The zero-order chi connectivity index (χ0) is 14.2. The van der Waals surface area contributed by atoms with E-state index in [0.717, 1.165) is 52.4 Å². The van der Waals surface area contributed by atoms with E-state index in [2.05, 4.69) is 15.5 Å². The molecule has 1 atom stereocenters. The van der Waals surface area contributed by atoms with Gasteiger partial charge >= 0.3 is 6.03 Å². The summed E-state index contributed by atoms with van der Waals surface area (Å²) < 4.78 is 5.06.